The van der Waals surface area contributed by atoms with Gasteiger partial charge < -0.3 is 4.74 Å². The topological polar surface area (TPSA) is 44.1 Å². The molecule has 0 saturated heterocycles. The Labute approximate surface area is 106 Å². The van der Waals surface area contributed by atoms with E-state index in [1.165, 1.54) is 0 Å². The summed E-state index contributed by atoms with van der Waals surface area (Å²) < 4.78 is 6.66. The van der Waals surface area contributed by atoms with E-state index in [4.69, 9.17) is 4.74 Å². The highest BCUT2D eigenvalue weighted by Crippen LogP contribution is 2.17. The normalized spacial score (nSPS) is 10.6. The quantitative estimate of drug-likeness (QED) is 0.776. The molecule has 1 aromatic carbocycles. The van der Waals surface area contributed by atoms with Gasteiger partial charge in [-0.3, -0.25) is 9.48 Å². The number of nitrogens with zero attached hydrogens (tertiary/aromatic N) is 2. The van der Waals surface area contributed by atoms with Crippen LogP contribution in [0.15, 0.2) is 42.7 Å². The Morgan fingerprint density at radius 1 is 1.28 bits per heavy atom. The number of carbonyl (C=O) groups is 1. The fraction of sp³-hybridized carbons (Fsp3) is 0.286. The molecule has 0 fully saturated rings. The highest BCUT2D eigenvalue weighted by atomic mass is 16.5. The molecule has 4 heteroatoms. The highest BCUT2D eigenvalue weighted by Gasteiger charge is 2.08. The van der Waals surface area contributed by atoms with Crippen LogP contribution >= 0.6 is 0 Å². The molecule has 0 atom stereocenters. The lowest BCUT2D eigenvalue weighted by Gasteiger charge is -2.07. The molecule has 0 aliphatic carbocycles. The van der Waals surface area contributed by atoms with Crippen molar-refractivity contribution < 1.29 is 9.53 Å². The van der Waals surface area contributed by atoms with Gasteiger partial charge in [0, 0.05) is 11.8 Å². The van der Waals surface area contributed by atoms with Crippen LogP contribution in [0.3, 0.4) is 0 Å². The molecule has 0 aliphatic rings. The monoisotopic (exact) mass is 244 g/mol. The summed E-state index contributed by atoms with van der Waals surface area (Å²) in [4.78, 5) is 11.5. The first kappa shape index (κ1) is 12.4. The van der Waals surface area contributed by atoms with Gasteiger partial charge in [0.05, 0.1) is 12.3 Å². The van der Waals surface area contributed by atoms with Gasteiger partial charge in [0.1, 0.15) is 6.54 Å². The molecule has 0 N–H and O–H groups in total. The van der Waals surface area contributed by atoms with Crippen LogP contribution in [0.4, 0.5) is 0 Å². The highest BCUT2D eigenvalue weighted by molar-refractivity contribution is 5.69. The van der Waals surface area contributed by atoms with E-state index in [9.17, 15) is 4.79 Å². The number of benzene rings is 1. The number of carbonyl (C=O) groups excluding carboxylic acids is 1. The number of esters is 1. The molecule has 0 saturated carbocycles. The number of hydrogen-bond acceptors (Lipinski definition) is 3. The Kier molecular flexibility index (Phi) is 3.77. The zero-order chi connectivity index (χ0) is 13.0. The maximum Gasteiger partial charge on any atom is 0.328 e. The maximum absolute atomic E-state index is 11.5. The molecule has 2 aromatic rings. The fourth-order valence-electron chi connectivity index (χ4n) is 1.66. The molecule has 0 spiro atoms. The van der Waals surface area contributed by atoms with Crippen LogP contribution in [-0.2, 0) is 16.1 Å². The Morgan fingerprint density at radius 2 is 2.00 bits per heavy atom. The third-order valence-corrected chi connectivity index (χ3v) is 2.40. The predicted octanol–water partition coefficient (Wildman–Crippen LogP) is 2.50. The van der Waals surface area contributed by atoms with Crippen molar-refractivity contribution in [3.8, 4) is 11.1 Å². The van der Waals surface area contributed by atoms with Crippen LogP contribution in [0.5, 0.6) is 0 Å². The van der Waals surface area contributed by atoms with E-state index in [2.05, 4.69) is 5.10 Å². The molecule has 4 nitrogen and oxygen atoms in total. The first-order chi connectivity index (χ1) is 8.65. The van der Waals surface area contributed by atoms with E-state index in [0.29, 0.717) is 0 Å². The molecule has 1 aromatic heterocycles. The molecule has 0 bridgehead atoms. The molecular weight excluding hydrogens is 228 g/mol. The summed E-state index contributed by atoms with van der Waals surface area (Å²) >= 11 is 0. The lowest BCUT2D eigenvalue weighted by Crippen LogP contribution is -2.17. The minimum absolute atomic E-state index is 0.0957. The lowest BCUT2D eigenvalue weighted by molar-refractivity contribution is -0.148. The first-order valence-electron chi connectivity index (χ1n) is 5.92. The summed E-state index contributed by atoms with van der Waals surface area (Å²) in [5.41, 5.74) is 2.08. The molecule has 0 aliphatic heterocycles. The van der Waals surface area contributed by atoms with Crippen LogP contribution in [0.25, 0.3) is 11.1 Å². The summed E-state index contributed by atoms with van der Waals surface area (Å²) in [5.74, 6) is -0.271. The van der Waals surface area contributed by atoms with Gasteiger partial charge in [-0.1, -0.05) is 30.3 Å². The molecular formula is C14H16N2O2. The minimum Gasteiger partial charge on any atom is -0.462 e. The fourth-order valence-corrected chi connectivity index (χ4v) is 1.66. The molecule has 0 amide bonds. The number of hydrogen-bond donors (Lipinski definition) is 0. The maximum atomic E-state index is 11.5. The van der Waals surface area contributed by atoms with Crippen molar-refractivity contribution in [2.24, 2.45) is 0 Å². The van der Waals surface area contributed by atoms with Gasteiger partial charge >= 0.3 is 5.97 Å². The second kappa shape index (κ2) is 5.49. The van der Waals surface area contributed by atoms with Crippen LogP contribution in [0.1, 0.15) is 13.8 Å². The average molecular weight is 244 g/mol. The Hall–Kier alpha value is -2.10. The van der Waals surface area contributed by atoms with Crippen molar-refractivity contribution in [2.75, 3.05) is 0 Å². The van der Waals surface area contributed by atoms with Gasteiger partial charge in [0.25, 0.3) is 0 Å². The summed E-state index contributed by atoms with van der Waals surface area (Å²) in [6.07, 6.45) is 3.50. The summed E-state index contributed by atoms with van der Waals surface area (Å²) in [5, 5.41) is 4.16. The second-order valence-electron chi connectivity index (χ2n) is 4.33. The number of ether oxygens (including phenoxy) is 1. The Morgan fingerprint density at radius 3 is 2.67 bits per heavy atom. The summed E-state index contributed by atoms with van der Waals surface area (Å²) in [6, 6.07) is 9.93. The first-order valence-corrected chi connectivity index (χ1v) is 5.92. The van der Waals surface area contributed by atoms with E-state index in [1.807, 2.05) is 50.4 Å². The molecule has 0 radical (unpaired) electrons. The van der Waals surface area contributed by atoms with Gasteiger partial charge in [0.2, 0.25) is 0 Å². The van der Waals surface area contributed by atoms with E-state index >= 15 is 0 Å². The standard InChI is InChI=1S/C14H16N2O2/c1-11(2)18-14(17)10-16-9-13(8-15-16)12-6-4-3-5-7-12/h3-9,11H,10H2,1-2H3. The second-order valence-corrected chi connectivity index (χ2v) is 4.33. The van der Waals surface area contributed by atoms with Gasteiger partial charge in [0.15, 0.2) is 0 Å². The smallest absolute Gasteiger partial charge is 0.328 e. The van der Waals surface area contributed by atoms with Crippen molar-refractivity contribution >= 4 is 5.97 Å². The zero-order valence-electron chi connectivity index (χ0n) is 10.5. The molecule has 1 heterocycles. The van der Waals surface area contributed by atoms with E-state index < -0.39 is 0 Å². The Bertz CT molecular complexity index is 518. The average Bonchev–Trinajstić information content (AvgIpc) is 2.77. The van der Waals surface area contributed by atoms with Crippen LogP contribution in [0.2, 0.25) is 0 Å². The van der Waals surface area contributed by atoms with Crippen molar-refractivity contribution in [3.05, 3.63) is 42.7 Å². The van der Waals surface area contributed by atoms with Crippen molar-refractivity contribution in [3.63, 3.8) is 0 Å². The Balaban J connectivity index is 2.05. The van der Waals surface area contributed by atoms with Gasteiger partial charge in [-0.15, -0.1) is 0 Å². The summed E-state index contributed by atoms with van der Waals surface area (Å²) in [6.45, 7) is 3.80. The van der Waals surface area contributed by atoms with Crippen LogP contribution in [-0.4, -0.2) is 21.9 Å². The van der Waals surface area contributed by atoms with Gasteiger partial charge in [-0.05, 0) is 19.4 Å². The summed E-state index contributed by atoms with van der Waals surface area (Å²) in [7, 11) is 0. The number of aromatic nitrogens is 2. The SMILES string of the molecule is CC(C)OC(=O)Cn1cc(-c2ccccc2)cn1. The predicted molar refractivity (Wildman–Crippen MR) is 68.9 cm³/mol. The molecule has 0 unspecified atom stereocenters. The van der Waals surface area contributed by atoms with Crippen LogP contribution in [0, 0.1) is 0 Å². The van der Waals surface area contributed by atoms with Crippen LogP contribution < -0.4 is 0 Å². The zero-order valence-corrected chi connectivity index (χ0v) is 10.5. The number of rotatable bonds is 4. The third kappa shape index (κ3) is 3.20. The molecule has 2 rings (SSSR count). The van der Waals surface area contributed by atoms with E-state index in [-0.39, 0.29) is 18.6 Å². The largest absolute Gasteiger partial charge is 0.462 e. The van der Waals surface area contributed by atoms with Crippen molar-refractivity contribution in [1.82, 2.24) is 9.78 Å². The van der Waals surface area contributed by atoms with Gasteiger partial charge in [-0.25, -0.2) is 0 Å². The van der Waals surface area contributed by atoms with E-state index in [1.54, 1.807) is 10.9 Å². The van der Waals surface area contributed by atoms with Crippen molar-refractivity contribution in [2.45, 2.75) is 26.5 Å². The minimum atomic E-state index is -0.271. The lowest BCUT2D eigenvalue weighted by atomic mass is 10.1. The molecule has 18 heavy (non-hydrogen) atoms. The van der Waals surface area contributed by atoms with Gasteiger partial charge in [-0.2, -0.15) is 5.10 Å². The molecule has 94 valence electrons. The van der Waals surface area contributed by atoms with Crippen molar-refractivity contribution in [1.29, 1.82) is 0 Å². The van der Waals surface area contributed by atoms with E-state index in [0.717, 1.165) is 11.1 Å². The third-order valence-electron chi connectivity index (χ3n) is 2.40.